The van der Waals surface area contributed by atoms with Crippen LogP contribution in [-0.4, -0.2) is 33.9 Å². The third-order valence-electron chi connectivity index (χ3n) is 4.78. The van der Waals surface area contributed by atoms with Crippen LogP contribution in [0, 0.1) is 0 Å². The van der Waals surface area contributed by atoms with E-state index in [4.69, 9.17) is 17.3 Å². The van der Waals surface area contributed by atoms with E-state index >= 15 is 0 Å². The molecule has 1 saturated carbocycles. The molecule has 1 fully saturated rings. The number of anilines is 2. The molecule has 0 bridgehead atoms. The Kier molecular flexibility index (Phi) is 4.16. The number of carbonyl (C=O) groups is 1. The maximum Gasteiger partial charge on any atom is 0.269 e. The minimum Gasteiger partial charge on any atom is -0.373 e. The third kappa shape index (κ3) is 2.94. The molecular weight excluding hydrogens is 352 g/mol. The normalized spacial score (nSPS) is 19.2. The van der Waals surface area contributed by atoms with E-state index in [0.717, 1.165) is 29.4 Å². The van der Waals surface area contributed by atoms with E-state index in [1.54, 1.807) is 7.05 Å². The lowest BCUT2D eigenvalue weighted by molar-refractivity contribution is 0.0904. The first kappa shape index (κ1) is 16.7. The predicted octanol–water partition coefficient (Wildman–Crippen LogP) is 2.91. The number of H-pyrrole nitrogens is 1. The van der Waals surface area contributed by atoms with Crippen LogP contribution in [0.15, 0.2) is 30.3 Å². The standard InChI is InChI=1S/C18H19ClN6O/c1-21-14-8-13(24-18(20)25-14)9-6-10(7-9)22-17(26)16-15(19)11-4-2-3-5-12(11)23-16/h2-5,8-10,23H,6-7H2,1H3,(H,22,26)(H3,20,21,24,25). The highest BCUT2D eigenvalue weighted by molar-refractivity contribution is 6.38. The summed E-state index contributed by atoms with van der Waals surface area (Å²) in [5.74, 6) is 1.03. The van der Waals surface area contributed by atoms with Crippen molar-refractivity contribution in [2.75, 3.05) is 18.1 Å². The summed E-state index contributed by atoms with van der Waals surface area (Å²) in [6.07, 6.45) is 1.62. The summed E-state index contributed by atoms with van der Waals surface area (Å²) in [6.45, 7) is 0. The van der Waals surface area contributed by atoms with Gasteiger partial charge in [0.25, 0.3) is 5.91 Å². The zero-order valence-electron chi connectivity index (χ0n) is 14.2. The predicted molar refractivity (Wildman–Crippen MR) is 103 cm³/mol. The monoisotopic (exact) mass is 370 g/mol. The van der Waals surface area contributed by atoms with Crippen molar-refractivity contribution in [2.24, 2.45) is 0 Å². The van der Waals surface area contributed by atoms with Gasteiger partial charge in [0, 0.05) is 36.0 Å². The minimum atomic E-state index is -0.187. The number of nitrogen functional groups attached to an aromatic ring is 1. The van der Waals surface area contributed by atoms with Crippen molar-refractivity contribution in [2.45, 2.75) is 24.8 Å². The van der Waals surface area contributed by atoms with Crippen molar-refractivity contribution in [3.8, 4) is 0 Å². The summed E-state index contributed by atoms with van der Waals surface area (Å²) in [7, 11) is 1.79. The van der Waals surface area contributed by atoms with Crippen LogP contribution in [0.1, 0.15) is 34.9 Å². The molecule has 1 amide bonds. The van der Waals surface area contributed by atoms with E-state index in [1.165, 1.54) is 0 Å². The number of amides is 1. The first-order chi connectivity index (χ1) is 12.5. The molecule has 26 heavy (non-hydrogen) atoms. The molecule has 2 aromatic heterocycles. The van der Waals surface area contributed by atoms with Crippen LogP contribution < -0.4 is 16.4 Å². The number of rotatable bonds is 4. The van der Waals surface area contributed by atoms with E-state index in [-0.39, 0.29) is 23.8 Å². The lowest BCUT2D eigenvalue weighted by Crippen LogP contribution is -2.43. The van der Waals surface area contributed by atoms with E-state index in [0.29, 0.717) is 16.5 Å². The lowest BCUT2D eigenvalue weighted by atomic mass is 9.78. The average Bonchev–Trinajstić information content (AvgIpc) is 2.94. The number of nitrogens with two attached hydrogens (primary N) is 1. The van der Waals surface area contributed by atoms with E-state index in [2.05, 4.69) is 25.6 Å². The topological polar surface area (TPSA) is 109 Å². The molecule has 0 spiro atoms. The van der Waals surface area contributed by atoms with Crippen LogP contribution >= 0.6 is 11.6 Å². The molecule has 0 unspecified atom stereocenters. The number of aromatic amines is 1. The zero-order valence-corrected chi connectivity index (χ0v) is 15.0. The fourth-order valence-corrected chi connectivity index (χ4v) is 3.62. The molecule has 2 heterocycles. The second-order valence-electron chi connectivity index (χ2n) is 6.48. The molecular formula is C18H19ClN6O. The SMILES string of the molecule is CNc1cc(C2CC(NC(=O)c3[nH]c4ccccc4c3Cl)C2)nc(N)n1. The zero-order chi connectivity index (χ0) is 18.3. The van der Waals surface area contributed by atoms with Gasteiger partial charge in [-0.05, 0) is 18.9 Å². The number of halogens is 1. The summed E-state index contributed by atoms with van der Waals surface area (Å²) >= 11 is 6.34. The van der Waals surface area contributed by atoms with Gasteiger partial charge in [0.2, 0.25) is 5.95 Å². The highest BCUT2D eigenvalue weighted by atomic mass is 35.5. The molecule has 0 aliphatic heterocycles. The van der Waals surface area contributed by atoms with Crippen molar-refractivity contribution in [1.29, 1.82) is 0 Å². The van der Waals surface area contributed by atoms with Crippen molar-refractivity contribution in [1.82, 2.24) is 20.3 Å². The Morgan fingerprint density at radius 1 is 1.31 bits per heavy atom. The van der Waals surface area contributed by atoms with Gasteiger partial charge < -0.3 is 21.4 Å². The number of nitrogens with zero attached hydrogens (tertiary/aromatic N) is 2. The van der Waals surface area contributed by atoms with Gasteiger partial charge in [0.1, 0.15) is 11.5 Å². The number of aromatic nitrogens is 3. The molecule has 1 aliphatic carbocycles. The maximum atomic E-state index is 12.6. The Morgan fingerprint density at radius 2 is 2.08 bits per heavy atom. The van der Waals surface area contributed by atoms with E-state index in [1.807, 2.05) is 30.3 Å². The van der Waals surface area contributed by atoms with Crippen LogP contribution in [0.5, 0.6) is 0 Å². The Labute approximate surface area is 155 Å². The Balaban J connectivity index is 1.43. The maximum absolute atomic E-state index is 12.6. The molecule has 8 heteroatoms. The summed E-state index contributed by atoms with van der Waals surface area (Å²) in [5, 5.41) is 7.31. The number of carbonyl (C=O) groups excluding carboxylic acids is 1. The first-order valence-electron chi connectivity index (χ1n) is 8.44. The quantitative estimate of drug-likeness (QED) is 0.564. The number of benzene rings is 1. The molecule has 5 N–H and O–H groups in total. The highest BCUT2D eigenvalue weighted by Gasteiger charge is 2.33. The van der Waals surface area contributed by atoms with E-state index < -0.39 is 0 Å². The third-order valence-corrected chi connectivity index (χ3v) is 5.17. The highest BCUT2D eigenvalue weighted by Crippen LogP contribution is 2.37. The summed E-state index contributed by atoms with van der Waals surface area (Å²) in [6, 6.07) is 9.57. The van der Waals surface area contributed by atoms with Gasteiger partial charge in [-0.25, -0.2) is 4.98 Å². The second kappa shape index (κ2) is 6.49. The molecule has 1 aliphatic rings. The average molecular weight is 371 g/mol. The van der Waals surface area contributed by atoms with Crippen LogP contribution in [0.3, 0.4) is 0 Å². The Hall–Kier alpha value is -2.80. The molecule has 134 valence electrons. The van der Waals surface area contributed by atoms with Crippen molar-refractivity contribution in [3.05, 3.63) is 46.7 Å². The molecule has 1 aromatic carbocycles. The molecule has 0 atom stereocenters. The number of nitrogens with one attached hydrogen (secondary N) is 3. The number of hydrogen-bond donors (Lipinski definition) is 4. The largest absolute Gasteiger partial charge is 0.373 e. The molecule has 7 nitrogen and oxygen atoms in total. The fourth-order valence-electron chi connectivity index (χ4n) is 3.32. The van der Waals surface area contributed by atoms with Gasteiger partial charge in [-0.1, -0.05) is 29.8 Å². The van der Waals surface area contributed by atoms with Crippen LogP contribution in [0.2, 0.25) is 5.02 Å². The summed E-state index contributed by atoms with van der Waals surface area (Å²) in [5.41, 5.74) is 7.90. The van der Waals surface area contributed by atoms with Crippen molar-refractivity contribution >= 4 is 40.2 Å². The fraction of sp³-hybridized carbons (Fsp3) is 0.278. The number of para-hydroxylation sites is 1. The Bertz CT molecular complexity index is 979. The van der Waals surface area contributed by atoms with Gasteiger partial charge in [-0.2, -0.15) is 4.98 Å². The molecule has 0 saturated heterocycles. The number of hydrogen-bond acceptors (Lipinski definition) is 5. The van der Waals surface area contributed by atoms with Crippen LogP contribution in [-0.2, 0) is 0 Å². The van der Waals surface area contributed by atoms with Gasteiger partial charge in [-0.3, -0.25) is 4.79 Å². The molecule has 4 rings (SSSR count). The summed E-state index contributed by atoms with van der Waals surface area (Å²) in [4.78, 5) is 24.0. The second-order valence-corrected chi connectivity index (χ2v) is 6.86. The molecule has 0 radical (unpaired) electrons. The van der Waals surface area contributed by atoms with Crippen LogP contribution in [0.25, 0.3) is 10.9 Å². The van der Waals surface area contributed by atoms with Gasteiger partial charge >= 0.3 is 0 Å². The number of fused-ring (bicyclic) bond motifs is 1. The molecule has 3 aromatic rings. The van der Waals surface area contributed by atoms with Gasteiger partial charge in [0.05, 0.1) is 10.7 Å². The van der Waals surface area contributed by atoms with Crippen LogP contribution in [0.4, 0.5) is 11.8 Å². The van der Waals surface area contributed by atoms with Gasteiger partial charge in [-0.15, -0.1) is 0 Å². The van der Waals surface area contributed by atoms with Gasteiger partial charge in [0.15, 0.2) is 0 Å². The first-order valence-corrected chi connectivity index (χ1v) is 8.82. The summed E-state index contributed by atoms with van der Waals surface area (Å²) < 4.78 is 0. The lowest BCUT2D eigenvalue weighted by Gasteiger charge is -2.35. The van der Waals surface area contributed by atoms with E-state index in [9.17, 15) is 4.79 Å². The minimum absolute atomic E-state index is 0.0872. The smallest absolute Gasteiger partial charge is 0.269 e. The Morgan fingerprint density at radius 3 is 2.81 bits per heavy atom. The van der Waals surface area contributed by atoms with Crippen molar-refractivity contribution < 1.29 is 4.79 Å². The van der Waals surface area contributed by atoms with Crippen molar-refractivity contribution in [3.63, 3.8) is 0 Å².